The summed E-state index contributed by atoms with van der Waals surface area (Å²) in [4.78, 5) is 46.7. The van der Waals surface area contributed by atoms with E-state index in [1.54, 1.807) is 24.3 Å². The molecule has 156 valence electrons. The van der Waals surface area contributed by atoms with Gasteiger partial charge in [0.05, 0.1) is 12.6 Å². The maximum Gasteiger partial charge on any atom is 0.333 e. The lowest BCUT2D eigenvalue weighted by Crippen LogP contribution is -2.44. The van der Waals surface area contributed by atoms with Gasteiger partial charge in [-0.3, -0.25) is 18.7 Å². The number of nitrogens with one attached hydrogen (secondary N) is 1. The largest absolute Gasteiger partial charge is 0.376 e. The zero-order chi connectivity index (χ0) is 21.1. The van der Waals surface area contributed by atoms with E-state index in [0.29, 0.717) is 23.7 Å². The Labute approximate surface area is 176 Å². The van der Waals surface area contributed by atoms with E-state index >= 15 is 0 Å². The number of hydrogen-bond donors (Lipinski definition) is 1. The number of carbonyl (C=O) groups is 1. The number of fused-ring (bicyclic) bond motifs is 1. The van der Waals surface area contributed by atoms with Crippen molar-refractivity contribution in [2.75, 3.05) is 13.2 Å². The van der Waals surface area contributed by atoms with Crippen LogP contribution in [0.4, 0.5) is 0 Å². The van der Waals surface area contributed by atoms with Gasteiger partial charge in [0.15, 0.2) is 11.2 Å². The minimum Gasteiger partial charge on any atom is -0.376 e. The van der Waals surface area contributed by atoms with Gasteiger partial charge in [0.1, 0.15) is 6.54 Å². The summed E-state index contributed by atoms with van der Waals surface area (Å²) in [6.07, 6.45) is 4.58. The van der Waals surface area contributed by atoms with E-state index in [0.717, 1.165) is 22.0 Å². The summed E-state index contributed by atoms with van der Waals surface area (Å²) in [6, 6.07) is 6.94. The Bertz CT molecular complexity index is 1200. The molecule has 3 aromatic rings. The molecule has 1 aromatic carbocycles. The fourth-order valence-electron chi connectivity index (χ4n) is 3.44. The number of aromatic nitrogens is 4. The van der Waals surface area contributed by atoms with E-state index in [1.165, 1.54) is 12.4 Å². The van der Waals surface area contributed by atoms with Gasteiger partial charge >= 0.3 is 5.69 Å². The van der Waals surface area contributed by atoms with Crippen molar-refractivity contribution in [3.05, 3.63) is 68.1 Å². The van der Waals surface area contributed by atoms with E-state index in [-0.39, 0.29) is 36.3 Å². The van der Waals surface area contributed by atoms with E-state index < -0.39 is 11.2 Å². The molecule has 0 spiro atoms. The Kier molecular flexibility index (Phi) is 5.91. The summed E-state index contributed by atoms with van der Waals surface area (Å²) in [6.45, 7) is 0.731. The number of rotatable bonds is 6. The third-order valence-corrected chi connectivity index (χ3v) is 5.35. The minimum atomic E-state index is -0.653. The minimum absolute atomic E-state index is 0.0103. The first-order valence-corrected chi connectivity index (χ1v) is 9.98. The first-order valence-electron chi connectivity index (χ1n) is 9.60. The second-order valence-corrected chi connectivity index (χ2v) is 7.43. The predicted molar refractivity (Wildman–Crippen MR) is 111 cm³/mol. The van der Waals surface area contributed by atoms with Gasteiger partial charge in [-0.1, -0.05) is 29.8 Å². The van der Waals surface area contributed by atoms with Crippen molar-refractivity contribution in [2.24, 2.45) is 0 Å². The normalized spacial score (nSPS) is 16.1. The van der Waals surface area contributed by atoms with Gasteiger partial charge in [0.2, 0.25) is 5.91 Å². The molecule has 1 aliphatic heterocycles. The number of ether oxygens (including phenoxy) is 1. The van der Waals surface area contributed by atoms with Crippen molar-refractivity contribution in [3.63, 3.8) is 0 Å². The standard InChI is InChI=1S/C20H20ClN5O4/c21-15-6-2-1-4-13(15)11-26-19(28)17-18(23-8-7-22-17)25(20(26)29)12-16(27)24-10-14-5-3-9-30-14/h1-2,4,6-8,14H,3,5,9-12H2,(H,24,27)/t14-/m0/s1. The summed E-state index contributed by atoms with van der Waals surface area (Å²) < 4.78 is 7.67. The molecule has 1 amide bonds. The van der Waals surface area contributed by atoms with Crippen LogP contribution in [0.3, 0.4) is 0 Å². The summed E-state index contributed by atoms with van der Waals surface area (Å²) >= 11 is 6.20. The van der Waals surface area contributed by atoms with Crippen LogP contribution >= 0.6 is 11.6 Å². The van der Waals surface area contributed by atoms with Gasteiger partial charge in [-0.2, -0.15) is 0 Å². The zero-order valence-electron chi connectivity index (χ0n) is 16.1. The van der Waals surface area contributed by atoms with Crippen molar-refractivity contribution >= 4 is 28.7 Å². The van der Waals surface area contributed by atoms with Crippen LogP contribution in [0.1, 0.15) is 18.4 Å². The molecule has 4 rings (SSSR count). The summed E-state index contributed by atoms with van der Waals surface area (Å²) in [7, 11) is 0. The zero-order valence-corrected chi connectivity index (χ0v) is 16.8. The molecule has 30 heavy (non-hydrogen) atoms. The second kappa shape index (κ2) is 8.76. The maximum absolute atomic E-state index is 13.1. The van der Waals surface area contributed by atoms with Gasteiger partial charge in [-0.15, -0.1) is 0 Å². The lowest BCUT2D eigenvalue weighted by Gasteiger charge is -2.14. The number of hydrogen-bond acceptors (Lipinski definition) is 6. The van der Waals surface area contributed by atoms with Crippen LogP contribution in [0, 0.1) is 0 Å². The van der Waals surface area contributed by atoms with Crippen molar-refractivity contribution in [1.29, 1.82) is 0 Å². The van der Waals surface area contributed by atoms with Gasteiger partial charge < -0.3 is 10.1 Å². The van der Waals surface area contributed by atoms with Crippen molar-refractivity contribution in [1.82, 2.24) is 24.4 Å². The molecule has 9 nitrogen and oxygen atoms in total. The van der Waals surface area contributed by atoms with Gasteiger partial charge in [0.25, 0.3) is 5.56 Å². The molecule has 1 N–H and O–H groups in total. The molecule has 0 aliphatic carbocycles. The number of amides is 1. The third kappa shape index (κ3) is 4.12. The van der Waals surface area contributed by atoms with Crippen LogP contribution in [0.2, 0.25) is 5.02 Å². The topological polar surface area (TPSA) is 108 Å². The van der Waals surface area contributed by atoms with Crippen LogP contribution in [0.25, 0.3) is 11.2 Å². The molecule has 2 aromatic heterocycles. The van der Waals surface area contributed by atoms with Crippen LogP contribution in [0.5, 0.6) is 0 Å². The lowest BCUT2D eigenvalue weighted by atomic mass is 10.2. The number of benzene rings is 1. The molecule has 3 heterocycles. The molecule has 0 bridgehead atoms. The molecule has 0 radical (unpaired) electrons. The Hall–Kier alpha value is -3.04. The Balaban J connectivity index is 1.69. The Morgan fingerprint density at radius 2 is 2.00 bits per heavy atom. The van der Waals surface area contributed by atoms with E-state index in [9.17, 15) is 14.4 Å². The SMILES string of the molecule is O=C(Cn1c(=O)n(Cc2ccccc2Cl)c(=O)c2nccnc21)NC[C@@H]1CCCO1. The molecular formula is C20H20ClN5O4. The predicted octanol–water partition coefficient (Wildman–Crippen LogP) is 0.950. The molecule has 0 unspecified atom stereocenters. The lowest BCUT2D eigenvalue weighted by molar-refractivity contribution is -0.122. The fourth-order valence-corrected chi connectivity index (χ4v) is 3.64. The Morgan fingerprint density at radius 3 is 2.77 bits per heavy atom. The molecule has 1 fully saturated rings. The summed E-state index contributed by atoms with van der Waals surface area (Å²) in [5.74, 6) is -0.373. The number of carbonyl (C=O) groups excluding carboxylic acids is 1. The molecule has 10 heteroatoms. The van der Waals surface area contributed by atoms with Crippen LogP contribution < -0.4 is 16.6 Å². The first kappa shape index (κ1) is 20.2. The van der Waals surface area contributed by atoms with E-state index in [2.05, 4.69) is 15.3 Å². The van der Waals surface area contributed by atoms with E-state index in [4.69, 9.17) is 16.3 Å². The van der Waals surface area contributed by atoms with E-state index in [1.807, 2.05) is 0 Å². The van der Waals surface area contributed by atoms with Crippen molar-refractivity contribution in [3.8, 4) is 0 Å². The molecule has 1 atom stereocenters. The highest BCUT2D eigenvalue weighted by Crippen LogP contribution is 2.15. The molecule has 1 saturated heterocycles. The van der Waals surface area contributed by atoms with Crippen LogP contribution in [-0.2, 0) is 22.6 Å². The second-order valence-electron chi connectivity index (χ2n) is 7.02. The first-order chi connectivity index (χ1) is 14.5. The Morgan fingerprint density at radius 1 is 1.20 bits per heavy atom. The molecule has 1 aliphatic rings. The summed E-state index contributed by atoms with van der Waals surface area (Å²) in [5, 5.41) is 3.21. The molecular weight excluding hydrogens is 410 g/mol. The average molecular weight is 430 g/mol. The highest BCUT2D eigenvalue weighted by atomic mass is 35.5. The maximum atomic E-state index is 13.1. The van der Waals surface area contributed by atoms with Crippen molar-refractivity contribution in [2.45, 2.75) is 32.0 Å². The highest BCUT2D eigenvalue weighted by Gasteiger charge is 2.20. The third-order valence-electron chi connectivity index (χ3n) is 4.98. The van der Waals surface area contributed by atoms with Gasteiger partial charge in [-0.05, 0) is 24.5 Å². The van der Waals surface area contributed by atoms with Gasteiger partial charge in [0, 0.05) is 30.6 Å². The number of halogens is 1. The van der Waals surface area contributed by atoms with Crippen LogP contribution in [0.15, 0.2) is 46.2 Å². The molecule has 0 saturated carbocycles. The summed E-state index contributed by atoms with van der Waals surface area (Å²) in [5.41, 5.74) is -0.554. The number of nitrogens with zero attached hydrogens (tertiary/aromatic N) is 4. The highest BCUT2D eigenvalue weighted by molar-refractivity contribution is 6.31. The monoisotopic (exact) mass is 429 g/mol. The van der Waals surface area contributed by atoms with Gasteiger partial charge in [-0.25, -0.2) is 14.8 Å². The van der Waals surface area contributed by atoms with Crippen molar-refractivity contribution < 1.29 is 9.53 Å². The van der Waals surface area contributed by atoms with Crippen LogP contribution in [-0.4, -0.2) is 44.3 Å². The fraction of sp³-hybridized carbons (Fsp3) is 0.350. The smallest absolute Gasteiger partial charge is 0.333 e. The average Bonchev–Trinajstić information content (AvgIpc) is 3.28. The quantitative estimate of drug-likeness (QED) is 0.625.